The molecule has 0 unspecified atom stereocenters. The number of fused-ring (bicyclic) bond motifs is 4. The van der Waals surface area contributed by atoms with Gasteiger partial charge in [0.25, 0.3) is 0 Å². The fourth-order valence-corrected chi connectivity index (χ4v) is 5.93. The minimum absolute atomic E-state index is 0. The van der Waals surface area contributed by atoms with Crippen LogP contribution < -0.4 is 0 Å². The third-order valence-electron chi connectivity index (χ3n) is 8.00. The second kappa shape index (κ2) is 5.92. The van der Waals surface area contributed by atoms with Gasteiger partial charge in [-0.3, -0.25) is 0 Å². The summed E-state index contributed by atoms with van der Waals surface area (Å²) in [6.45, 7) is 18.1. The van der Waals surface area contributed by atoms with Crippen molar-refractivity contribution in [1.82, 2.24) is 0 Å². The molecule has 0 aromatic rings. The number of hydrogen-bond donors (Lipinski definition) is 0. The largest absolute Gasteiger partial charge is 2.00 e. The van der Waals surface area contributed by atoms with Gasteiger partial charge in [0.1, 0.15) is 0 Å². The van der Waals surface area contributed by atoms with Gasteiger partial charge in [-0.05, 0) is 35.5 Å². The quantitative estimate of drug-likeness (QED) is 0.387. The van der Waals surface area contributed by atoms with E-state index in [2.05, 4.69) is 41.5 Å². The molecule has 0 amide bonds. The topological polar surface area (TPSA) is 0 Å². The molecule has 0 radical (unpaired) electrons. The molecule has 0 aromatic carbocycles. The van der Waals surface area contributed by atoms with E-state index in [9.17, 15) is 0 Å². The number of hydrogen-bond acceptors (Lipinski definition) is 0. The Kier molecular flexibility index (Phi) is 5.07. The molecule has 6 aliphatic rings. The van der Waals surface area contributed by atoms with Crippen LogP contribution in [0.2, 0.25) is 0 Å². The van der Waals surface area contributed by atoms with Gasteiger partial charge in [0.05, 0.1) is 0 Å². The van der Waals surface area contributed by atoms with E-state index in [1.807, 2.05) is 0 Å². The Morgan fingerprint density at radius 2 is 1.00 bits per heavy atom. The monoisotopic (exact) mass is 338 g/mol. The van der Waals surface area contributed by atoms with Crippen LogP contribution >= 0.6 is 0 Å². The first-order valence-electron chi connectivity index (χ1n) is 8.90. The van der Waals surface area contributed by atoms with E-state index in [0.717, 1.165) is 35.5 Å². The first-order chi connectivity index (χ1) is 9.24. The van der Waals surface area contributed by atoms with Gasteiger partial charge in [-0.25, -0.2) is 0 Å². The van der Waals surface area contributed by atoms with Gasteiger partial charge in [-0.1, -0.05) is 65.2 Å². The van der Waals surface area contributed by atoms with Crippen molar-refractivity contribution in [3.8, 4) is 0 Å². The van der Waals surface area contributed by atoms with Crippen LogP contribution in [0, 0.1) is 60.2 Å². The van der Waals surface area contributed by atoms with Crippen molar-refractivity contribution in [1.29, 1.82) is 0 Å². The molecule has 6 saturated carbocycles. The molecule has 6 aliphatic carbocycles. The number of rotatable bonds is 0. The van der Waals surface area contributed by atoms with Gasteiger partial charge in [0.2, 0.25) is 0 Å². The zero-order valence-corrected chi connectivity index (χ0v) is 17.8. The van der Waals surface area contributed by atoms with Gasteiger partial charge < -0.3 is 13.8 Å². The molecule has 1 heteroatoms. The standard InChI is InChI=1S/2C10H17.Zn/c2*1-7-4-5-8-6-9(7)10(8,2)3;/h2*7-9H,1,4-6H2,2-3H3;/q2*-1;+2/t2*7-,8+,9-;/m11./s1. The predicted molar refractivity (Wildman–Crippen MR) is 86.9 cm³/mol. The van der Waals surface area contributed by atoms with Gasteiger partial charge in [0, 0.05) is 0 Å². The third-order valence-corrected chi connectivity index (χ3v) is 8.00. The molecule has 6 fully saturated rings. The minimum Gasteiger partial charge on any atom is -0.340 e. The third kappa shape index (κ3) is 2.79. The Hall–Kier alpha value is 0.623. The summed E-state index contributed by atoms with van der Waals surface area (Å²) in [5, 5.41) is 0. The summed E-state index contributed by atoms with van der Waals surface area (Å²) in [6.07, 6.45) is 8.61. The summed E-state index contributed by atoms with van der Waals surface area (Å²) in [5.41, 5.74) is 1.29. The molecule has 0 nitrogen and oxygen atoms in total. The summed E-state index contributed by atoms with van der Waals surface area (Å²) < 4.78 is 0. The van der Waals surface area contributed by atoms with Crippen molar-refractivity contribution in [2.45, 2.75) is 66.2 Å². The van der Waals surface area contributed by atoms with Crippen LogP contribution in [0.25, 0.3) is 0 Å². The van der Waals surface area contributed by atoms with Gasteiger partial charge >= 0.3 is 19.5 Å². The molecule has 6 atom stereocenters. The van der Waals surface area contributed by atoms with Crippen LogP contribution in [0.1, 0.15) is 66.2 Å². The molecule has 0 aliphatic heterocycles. The Bertz CT molecular complexity index is 330. The molecule has 6 rings (SSSR count). The van der Waals surface area contributed by atoms with E-state index in [4.69, 9.17) is 0 Å². The van der Waals surface area contributed by atoms with Crippen LogP contribution in [-0.4, -0.2) is 0 Å². The molecule has 4 bridgehead atoms. The van der Waals surface area contributed by atoms with Crippen molar-refractivity contribution >= 4 is 0 Å². The van der Waals surface area contributed by atoms with Crippen molar-refractivity contribution in [3.05, 3.63) is 13.8 Å². The van der Waals surface area contributed by atoms with E-state index in [1.54, 1.807) is 0 Å². The molecule has 0 spiro atoms. The van der Waals surface area contributed by atoms with Gasteiger partial charge in [-0.2, -0.15) is 11.8 Å². The Morgan fingerprint density at radius 3 is 1.14 bits per heavy atom. The van der Waals surface area contributed by atoms with E-state index in [-0.39, 0.29) is 19.5 Å². The SMILES string of the molecule is [CH2-][C@@H]1CC[C@H]2C[C@H]1C2(C)C.[CH2-][C@@H]1CC[C@H]2C[C@H]1C2(C)C.[Zn+2]. The minimum atomic E-state index is 0. The van der Waals surface area contributed by atoms with Crippen molar-refractivity contribution in [2.75, 3.05) is 0 Å². The fourth-order valence-electron chi connectivity index (χ4n) is 5.93. The summed E-state index contributed by atoms with van der Waals surface area (Å²) >= 11 is 0. The summed E-state index contributed by atoms with van der Waals surface area (Å²) in [6, 6.07) is 0. The van der Waals surface area contributed by atoms with Crippen LogP contribution in [0.3, 0.4) is 0 Å². The summed E-state index contributed by atoms with van der Waals surface area (Å²) in [4.78, 5) is 0. The first-order valence-corrected chi connectivity index (χ1v) is 8.90. The predicted octanol–water partition coefficient (Wildman–Crippen LogP) is 5.78. The molecular weight excluding hydrogens is 306 g/mol. The second-order valence-corrected chi connectivity index (χ2v) is 9.40. The van der Waals surface area contributed by atoms with E-state index in [1.165, 1.54) is 38.5 Å². The normalized spacial score (nSPS) is 47.7. The Morgan fingerprint density at radius 1 is 0.667 bits per heavy atom. The zero-order chi connectivity index (χ0) is 14.7. The van der Waals surface area contributed by atoms with Crippen molar-refractivity contribution in [3.63, 3.8) is 0 Å². The van der Waals surface area contributed by atoms with Crippen LogP contribution in [0.5, 0.6) is 0 Å². The maximum absolute atomic E-state index is 4.21. The molecule has 0 N–H and O–H groups in total. The maximum atomic E-state index is 4.21. The zero-order valence-electron chi connectivity index (χ0n) is 14.8. The van der Waals surface area contributed by atoms with Crippen LogP contribution in [0.15, 0.2) is 0 Å². The molecular formula is C20H34Zn. The van der Waals surface area contributed by atoms with Gasteiger partial charge in [-0.15, -0.1) is 0 Å². The summed E-state index contributed by atoms with van der Waals surface area (Å²) in [7, 11) is 0. The molecule has 0 aromatic heterocycles. The van der Waals surface area contributed by atoms with Gasteiger partial charge in [0.15, 0.2) is 0 Å². The Labute approximate surface area is 146 Å². The van der Waals surface area contributed by atoms with E-state index < -0.39 is 0 Å². The van der Waals surface area contributed by atoms with E-state index >= 15 is 0 Å². The average molecular weight is 340 g/mol. The maximum Gasteiger partial charge on any atom is 2.00 e. The molecule has 21 heavy (non-hydrogen) atoms. The second-order valence-electron chi connectivity index (χ2n) is 9.40. The van der Waals surface area contributed by atoms with Crippen molar-refractivity contribution in [2.24, 2.45) is 46.3 Å². The molecule has 116 valence electrons. The van der Waals surface area contributed by atoms with E-state index in [0.29, 0.717) is 10.8 Å². The Balaban J connectivity index is 0.000000147. The molecule has 0 saturated heterocycles. The fraction of sp³-hybridized carbons (Fsp3) is 0.900. The van der Waals surface area contributed by atoms with Crippen molar-refractivity contribution < 1.29 is 19.5 Å². The van der Waals surface area contributed by atoms with Crippen LogP contribution in [0.4, 0.5) is 0 Å². The summed E-state index contributed by atoms with van der Waals surface area (Å²) in [5.74, 6) is 5.50. The average Bonchev–Trinajstić information content (AvgIpc) is 2.38. The smallest absolute Gasteiger partial charge is 0.340 e. The van der Waals surface area contributed by atoms with Crippen LogP contribution in [-0.2, 0) is 19.5 Å². The first kappa shape index (κ1) is 18.0. The molecule has 0 heterocycles.